The molecule has 1 aromatic carbocycles. The number of hydrogen-bond donors (Lipinski definition) is 0. The zero-order chi connectivity index (χ0) is 17.6. The molecule has 3 aliphatic carbocycles. The Morgan fingerprint density at radius 2 is 2.12 bits per heavy atom. The van der Waals surface area contributed by atoms with E-state index in [2.05, 4.69) is 30.3 Å². The largest absolute Gasteiger partial charge is 0.501 e. The molecule has 0 saturated heterocycles. The average molecular weight is 340 g/mol. The number of benzene rings is 1. The Hall–Kier alpha value is -2.07. The first kappa shape index (κ1) is 16.4. The standard InChI is InChI=1S/C21H24O4/c1-4-25-18(22)9-10-21(24-3)16-12-17(23-2)15-11-13-7-5-6-8-14(13)19(15)20(16)21/h5-10,12,15-16,19-20H,4,11H2,1-3H3/b10-9+/t15-,16-,19-,20-,21-/m1/s1. The summed E-state index contributed by atoms with van der Waals surface area (Å²) < 4.78 is 16.7. The molecule has 5 atom stereocenters. The van der Waals surface area contributed by atoms with Gasteiger partial charge in [0.1, 0.15) is 0 Å². The van der Waals surface area contributed by atoms with Crippen molar-refractivity contribution in [2.75, 3.05) is 20.8 Å². The number of fused-ring (bicyclic) bond motifs is 5. The van der Waals surface area contributed by atoms with E-state index in [0.717, 1.165) is 12.2 Å². The Balaban J connectivity index is 1.71. The molecule has 25 heavy (non-hydrogen) atoms. The minimum atomic E-state index is -0.451. The molecule has 4 nitrogen and oxygen atoms in total. The van der Waals surface area contributed by atoms with Crippen LogP contribution < -0.4 is 0 Å². The number of carbonyl (C=O) groups excluding carboxylic acids is 1. The Morgan fingerprint density at radius 1 is 1.32 bits per heavy atom. The number of methoxy groups -OCH3 is 2. The highest BCUT2D eigenvalue weighted by molar-refractivity contribution is 5.82. The van der Waals surface area contributed by atoms with Crippen LogP contribution >= 0.6 is 0 Å². The highest BCUT2D eigenvalue weighted by Crippen LogP contribution is 2.68. The monoisotopic (exact) mass is 340 g/mol. The van der Waals surface area contributed by atoms with Gasteiger partial charge in [-0.3, -0.25) is 0 Å². The highest BCUT2D eigenvalue weighted by Gasteiger charge is 2.70. The van der Waals surface area contributed by atoms with Crippen LogP contribution in [0.2, 0.25) is 0 Å². The predicted octanol–water partition coefficient (Wildman–Crippen LogP) is 3.24. The van der Waals surface area contributed by atoms with Crippen LogP contribution in [0.15, 0.2) is 48.3 Å². The SMILES string of the molecule is CCOC(=O)/C=C/[C@]1(OC)[C@H]2[C@@H]3c4ccccc4C[C@@H]3C(OC)=C[C@H]21. The van der Waals surface area contributed by atoms with E-state index < -0.39 is 5.60 Å². The molecule has 3 aliphatic rings. The maximum atomic E-state index is 11.8. The van der Waals surface area contributed by atoms with Crippen molar-refractivity contribution in [3.63, 3.8) is 0 Å². The lowest BCUT2D eigenvalue weighted by atomic mass is 9.82. The molecule has 132 valence electrons. The van der Waals surface area contributed by atoms with E-state index in [4.69, 9.17) is 14.2 Å². The number of ether oxygens (including phenoxy) is 3. The third-order valence-corrected chi connectivity index (χ3v) is 6.06. The van der Waals surface area contributed by atoms with Gasteiger partial charge in [0.25, 0.3) is 0 Å². The first-order chi connectivity index (χ1) is 12.2. The van der Waals surface area contributed by atoms with Crippen LogP contribution in [0.4, 0.5) is 0 Å². The van der Waals surface area contributed by atoms with Crippen LogP contribution in [0.5, 0.6) is 0 Å². The Labute approximate surface area is 148 Å². The van der Waals surface area contributed by atoms with Gasteiger partial charge in [-0.25, -0.2) is 4.79 Å². The van der Waals surface area contributed by atoms with Gasteiger partial charge in [-0.05, 0) is 36.6 Å². The normalized spacial score (nSPS) is 34.8. The molecule has 0 spiro atoms. The lowest BCUT2D eigenvalue weighted by Gasteiger charge is -2.26. The zero-order valence-electron chi connectivity index (χ0n) is 14.9. The van der Waals surface area contributed by atoms with Crippen LogP contribution in [-0.4, -0.2) is 32.4 Å². The van der Waals surface area contributed by atoms with Crippen molar-refractivity contribution in [3.05, 3.63) is 59.4 Å². The molecule has 0 bridgehead atoms. The molecule has 0 amide bonds. The quantitative estimate of drug-likeness (QED) is 0.610. The Bertz CT molecular complexity index is 750. The number of allylic oxidation sites excluding steroid dienone is 1. The van der Waals surface area contributed by atoms with Crippen molar-refractivity contribution in [1.29, 1.82) is 0 Å². The molecule has 1 aromatic rings. The average Bonchev–Trinajstić information content (AvgIpc) is 3.09. The summed E-state index contributed by atoms with van der Waals surface area (Å²) in [5.41, 5.74) is 2.34. The summed E-state index contributed by atoms with van der Waals surface area (Å²) in [5, 5.41) is 0. The second-order valence-electron chi connectivity index (χ2n) is 7.00. The van der Waals surface area contributed by atoms with Crippen molar-refractivity contribution >= 4 is 5.97 Å². The molecule has 1 saturated carbocycles. The van der Waals surface area contributed by atoms with Gasteiger partial charge in [-0.15, -0.1) is 0 Å². The zero-order valence-corrected chi connectivity index (χ0v) is 14.9. The predicted molar refractivity (Wildman–Crippen MR) is 94.0 cm³/mol. The molecule has 0 aromatic heterocycles. The fourth-order valence-electron chi connectivity index (χ4n) is 4.99. The van der Waals surface area contributed by atoms with Crippen molar-refractivity contribution in [1.82, 2.24) is 0 Å². The third-order valence-electron chi connectivity index (χ3n) is 6.06. The van der Waals surface area contributed by atoms with Crippen molar-refractivity contribution in [2.24, 2.45) is 17.8 Å². The minimum absolute atomic E-state index is 0.227. The van der Waals surface area contributed by atoms with E-state index in [-0.39, 0.29) is 11.9 Å². The lowest BCUT2D eigenvalue weighted by Crippen LogP contribution is -2.21. The fourth-order valence-corrected chi connectivity index (χ4v) is 4.99. The molecular weight excluding hydrogens is 316 g/mol. The summed E-state index contributed by atoms with van der Waals surface area (Å²) in [7, 11) is 3.47. The maximum Gasteiger partial charge on any atom is 0.330 e. The highest BCUT2D eigenvalue weighted by atomic mass is 16.5. The first-order valence-corrected chi connectivity index (χ1v) is 8.91. The van der Waals surface area contributed by atoms with Gasteiger partial charge in [-0.2, -0.15) is 0 Å². The fraction of sp³-hybridized carbons (Fsp3) is 0.476. The minimum Gasteiger partial charge on any atom is -0.501 e. The molecular formula is C21H24O4. The Kier molecular flexibility index (Phi) is 3.95. The van der Waals surface area contributed by atoms with Crippen LogP contribution in [0.1, 0.15) is 24.0 Å². The summed E-state index contributed by atoms with van der Waals surface area (Å²) in [6, 6.07) is 8.64. The van der Waals surface area contributed by atoms with Crippen molar-refractivity contribution in [2.45, 2.75) is 24.9 Å². The van der Waals surface area contributed by atoms with Gasteiger partial charge in [0.2, 0.25) is 0 Å². The third kappa shape index (κ3) is 2.35. The van der Waals surface area contributed by atoms with Crippen LogP contribution in [-0.2, 0) is 25.4 Å². The number of carbonyl (C=O) groups is 1. The molecule has 0 unspecified atom stereocenters. The number of hydrogen-bond acceptors (Lipinski definition) is 4. The molecule has 4 rings (SSSR count). The molecule has 0 heterocycles. The maximum absolute atomic E-state index is 11.8. The van der Waals surface area contributed by atoms with Gasteiger partial charge in [0, 0.05) is 36.9 Å². The lowest BCUT2D eigenvalue weighted by molar-refractivity contribution is -0.137. The van der Waals surface area contributed by atoms with E-state index in [9.17, 15) is 4.79 Å². The van der Waals surface area contributed by atoms with Gasteiger partial charge < -0.3 is 14.2 Å². The molecule has 0 aliphatic heterocycles. The smallest absolute Gasteiger partial charge is 0.330 e. The second-order valence-corrected chi connectivity index (χ2v) is 7.00. The van der Waals surface area contributed by atoms with E-state index in [0.29, 0.717) is 24.4 Å². The molecule has 0 N–H and O–H groups in total. The van der Waals surface area contributed by atoms with Gasteiger partial charge >= 0.3 is 5.97 Å². The Morgan fingerprint density at radius 3 is 2.84 bits per heavy atom. The summed E-state index contributed by atoms with van der Waals surface area (Å²) in [6.45, 7) is 2.18. The second kappa shape index (κ2) is 6.03. The summed E-state index contributed by atoms with van der Waals surface area (Å²) in [5.74, 6) is 2.01. The first-order valence-electron chi connectivity index (χ1n) is 8.91. The van der Waals surface area contributed by atoms with Crippen LogP contribution in [0.3, 0.4) is 0 Å². The summed E-state index contributed by atoms with van der Waals surface area (Å²) >= 11 is 0. The number of rotatable bonds is 5. The topological polar surface area (TPSA) is 44.8 Å². The molecule has 4 heteroatoms. The van der Waals surface area contributed by atoms with Gasteiger partial charge in [-0.1, -0.05) is 24.3 Å². The van der Waals surface area contributed by atoms with E-state index in [1.807, 2.05) is 13.0 Å². The van der Waals surface area contributed by atoms with Gasteiger partial charge in [0.15, 0.2) is 0 Å². The van der Waals surface area contributed by atoms with E-state index in [1.165, 1.54) is 17.2 Å². The number of esters is 1. The van der Waals surface area contributed by atoms with Gasteiger partial charge in [0.05, 0.1) is 25.1 Å². The van der Waals surface area contributed by atoms with Crippen molar-refractivity contribution < 1.29 is 19.0 Å². The van der Waals surface area contributed by atoms with E-state index in [1.54, 1.807) is 14.2 Å². The van der Waals surface area contributed by atoms with Crippen LogP contribution in [0, 0.1) is 17.8 Å². The molecule has 0 radical (unpaired) electrons. The molecule has 1 fully saturated rings. The van der Waals surface area contributed by atoms with Crippen molar-refractivity contribution in [3.8, 4) is 0 Å². The van der Waals surface area contributed by atoms with Crippen LogP contribution in [0.25, 0.3) is 0 Å². The van der Waals surface area contributed by atoms with E-state index >= 15 is 0 Å². The summed E-state index contributed by atoms with van der Waals surface area (Å²) in [6.07, 6.45) is 6.62. The summed E-state index contributed by atoms with van der Waals surface area (Å²) in [4.78, 5) is 11.8.